The average molecular weight is 417 g/mol. The number of nitrogens with zero attached hydrogens (tertiary/aromatic N) is 3. The molecule has 0 radical (unpaired) electrons. The Morgan fingerprint density at radius 2 is 2.00 bits per heavy atom. The van der Waals surface area contributed by atoms with Crippen molar-refractivity contribution >= 4 is 33.4 Å². The molecule has 0 aliphatic heterocycles. The number of aryl methyl sites for hydroxylation is 1. The van der Waals surface area contributed by atoms with Crippen LogP contribution < -0.4 is 10.1 Å². The van der Waals surface area contributed by atoms with E-state index in [4.69, 9.17) is 4.74 Å². The summed E-state index contributed by atoms with van der Waals surface area (Å²) in [7, 11) is 1.82. The van der Waals surface area contributed by atoms with Crippen molar-refractivity contribution in [1.82, 2.24) is 9.78 Å². The van der Waals surface area contributed by atoms with Crippen molar-refractivity contribution < 1.29 is 14.5 Å². The number of aromatic nitrogens is 2. The summed E-state index contributed by atoms with van der Waals surface area (Å²) in [6.07, 6.45) is 0.998. The summed E-state index contributed by atoms with van der Waals surface area (Å²) in [5.41, 5.74) is 2.21. The molecule has 0 fully saturated rings. The van der Waals surface area contributed by atoms with Crippen LogP contribution in [0, 0.1) is 10.1 Å². The fourth-order valence-electron chi connectivity index (χ4n) is 2.37. The number of benzene rings is 2. The second kappa shape index (κ2) is 7.36. The number of carbonyl (C=O) groups is 1. The first-order chi connectivity index (χ1) is 12.4. The van der Waals surface area contributed by atoms with E-state index in [2.05, 4.69) is 26.3 Å². The smallest absolute Gasteiger partial charge is 0.410 e. The number of ether oxygens (including phenoxy) is 1. The number of amides is 1. The normalized spacial score (nSPS) is 10.4. The lowest BCUT2D eigenvalue weighted by Gasteiger charge is -2.09. The Kier molecular flexibility index (Phi) is 4.99. The van der Waals surface area contributed by atoms with Gasteiger partial charge in [-0.25, -0.2) is 4.79 Å². The van der Waals surface area contributed by atoms with E-state index in [1.54, 1.807) is 29.1 Å². The quantitative estimate of drug-likeness (QED) is 0.502. The van der Waals surface area contributed by atoms with E-state index < -0.39 is 11.0 Å². The van der Waals surface area contributed by atoms with Crippen molar-refractivity contribution in [1.29, 1.82) is 0 Å². The molecule has 8 nitrogen and oxygen atoms in total. The van der Waals surface area contributed by atoms with Crippen LogP contribution in [-0.4, -0.2) is 20.8 Å². The molecule has 3 rings (SSSR count). The van der Waals surface area contributed by atoms with Gasteiger partial charge in [-0.1, -0.05) is 12.1 Å². The SMILES string of the molecule is Cn1ncc(Br)c1-c1cccc(NC(=O)Oc2ccc([N+](=O)[O-])cc2)c1. The van der Waals surface area contributed by atoms with E-state index in [-0.39, 0.29) is 11.4 Å². The summed E-state index contributed by atoms with van der Waals surface area (Å²) in [5, 5.41) is 17.4. The molecular formula is C17H13BrN4O4. The zero-order valence-electron chi connectivity index (χ0n) is 13.5. The zero-order chi connectivity index (χ0) is 18.7. The monoisotopic (exact) mass is 416 g/mol. The summed E-state index contributed by atoms with van der Waals surface area (Å²) >= 11 is 3.45. The highest BCUT2D eigenvalue weighted by atomic mass is 79.9. The topological polar surface area (TPSA) is 99.3 Å². The first kappa shape index (κ1) is 17.6. The van der Waals surface area contributed by atoms with E-state index in [0.717, 1.165) is 15.7 Å². The van der Waals surface area contributed by atoms with Gasteiger partial charge < -0.3 is 4.74 Å². The third-order valence-electron chi connectivity index (χ3n) is 3.53. The highest BCUT2D eigenvalue weighted by molar-refractivity contribution is 9.10. The summed E-state index contributed by atoms with van der Waals surface area (Å²) in [6, 6.07) is 12.5. The van der Waals surface area contributed by atoms with Crippen molar-refractivity contribution in [2.24, 2.45) is 7.05 Å². The summed E-state index contributed by atoms with van der Waals surface area (Å²) < 4.78 is 7.69. The number of rotatable bonds is 4. The van der Waals surface area contributed by atoms with Crippen LogP contribution in [0.15, 0.2) is 59.2 Å². The van der Waals surface area contributed by atoms with E-state index in [0.29, 0.717) is 5.69 Å². The van der Waals surface area contributed by atoms with E-state index in [1.807, 2.05) is 13.1 Å². The van der Waals surface area contributed by atoms with Crippen LogP contribution >= 0.6 is 15.9 Å². The third kappa shape index (κ3) is 3.89. The maximum absolute atomic E-state index is 12.0. The van der Waals surface area contributed by atoms with Crippen LogP contribution in [0.4, 0.5) is 16.2 Å². The molecular weight excluding hydrogens is 404 g/mol. The lowest BCUT2D eigenvalue weighted by molar-refractivity contribution is -0.384. The molecule has 0 unspecified atom stereocenters. The van der Waals surface area contributed by atoms with Crippen LogP contribution in [0.1, 0.15) is 0 Å². The van der Waals surface area contributed by atoms with Crippen molar-refractivity contribution in [2.45, 2.75) is 0 Å². The van der Waals surface area contributed by atoms with Gasteiger partial charge in [0.25, 0.3) is 5.69 Å². The predicted molar refractivity (Wildman–Crippen MR) is 99.1 cm³/mol. The number of anilines is 1. The second-order valence-electron chi connectivity index (χ2n) is 5.31. The molecule has 9 heteroatoms. The first-order valence-corrected chi connectivity index (χ1v) is 8.24. The van der Waals surface area contributed by atoms with Gasteiger partial charge in [0.2, 0.25) is 0 Å². The minimum absolute atomic E-state index is 0.0767. The largest absolute Gasteiger partial charge is 0.417 e. The molecule has 1 N–H and O–H groups in total. The number of halogens is 1. The van der Waals surface area contributed by atoms with Crippen LogP contribution in [0.2, 0.25) is 0 Å². The number of nitrogens with one attached hydrogen (secondary N) is 1. The first-order valence-electron chi connectivity index (χ1n) is 7.45. The molecule has 0 saturated carbocycles. The molecule has 2 aromatic carbocycles. The van der Waals surface area contributed by atoms with Crippen LogP contribution in [0.25, 0.3) is 11.3 Å². The van der Waals surface area contributed by atoms with Gasteiger partial charge in [-0.3, -0.25) is 20.1 Å². The fraction of sp³-hybridized carbons (Fsp3) is 0.0588. The molecule has 1 heterocycles. The molecule has 1 amide bonds. The average Bonchev–Trinajstić information content (AvgIpc) is 2.94. The van der Waals surface area contributed by atoms with Gasteiger partial charge in [0.05, 0.1) is 21.3 Å². The fourth-order valence-corrected chi connectivity index (χ4v) is 2.94. The second-order valence-corrected chi connectivity index (χ2v) is 6.17. The van der Waals surface area contributed by atoms with Crippen LogP contribution in [0.5, 0.6) is 5.75 Å². The molecule has 0 saturated heterocycles. The van der Waals surface area contributed by atoms with E-state index >= 15 is 0 Å². The van der Waals surface area contributed by atoms with Crippen LogP contribution in [0.3, 0.4) is 0 Å². The molecule has 0 aliphatic carbocycles. The molecule has 3 aromatic rings. The Morgan fingerprint density at radius 3 is 2.62 bits per heavy atom. The van der Waals surface area contributed by atoms with Gasteiger partial charge in [0, 0.05) is 30.4 Å². The van der Waals surface area contributed by atoms with Gasteiger partial charge in [0.15, 0.2) is 0 Å². The Balaban J connectivity index is 1.72. The van der Waals surface area contributed by atoms with E-state index in [1.165, 1.54) is 24.3 Å². The minimum atomic E-state index is -0.694. The van der Waals surface area contributed by atoms with Crippen molar-refractivity contribution in [3.63, 3.8) is 0 Å². The van der Waals surface area contributed by atoms with Crippen molar-refractivity contribution in [2.75, 3.05) is 5.32 Å². The number of non-ortho nitro benzene ring substituents is 1. The maximum atomic E-state index is 12.0. The summed E-state index contributed by atoms with van der Waals surface area (Å²) in [5.74, 6) is 0.207. The molecule has 26 heavy (non-hydrogen) atoms. The Bertz CT molecular complexity index is 950. The third-order valence-corrected chi connectivity index (χ3v) is 4.11. The highest BCUT2D eigenvalue weighted by Gasteiger charge is 2.11. The lowest BCUT2D eigenvalue weighted by atomic mass is 10.1. The standard InChI is InChI=1S/C17H13BrN4O4/c1-21-16(15(18)10-19-21)11-3-2-4-12(9-11)20-17(23)26-14-7-5-13(6-8-14)22(24)25/h2-10H,1H3,(H,20,23). The van der Waals surface area contributed by atoms with Gasteiger partial charge in [-0.05, 0) is 40.2 Å². The number of hydrogen-bond donors (Lipinski definition) is 1. The molecule has 0 spiro atoms. The van der Waals surface area contributed by atoms with Gasteiger partial charge in [0.1, 0.15) is 5.75 Å². The van der Waals surface area contributed by atoms with Crippen molar-refractivity contribution in [3.8, 4) is 17.0 Å². The number of nitro benzene ring substituents is 1. The molecule has 1 aromatic heterocycles. The molecule has 0 bridgehead atoms. The van der Waals surface area contributed by atoms with E-state index in [9.17, 15) is 14.9 Å². The Labute approximate surface area is 156 Å². The lowest BCUT2D eigenvalue weighted by Crippen LogP contribution is -2.16. The Hall–Kier alpha value is -3.20. The maximum Gasteiger partial charge on any atom is 0.417 e. The van der Waals surface area contributed by atoms with Gasteiger partial charge in [-0.15, -0.1) is 0 Å². The number of carbonyl (C=O) groups excluding carboxylic acids is 1. The van der Waals surface area contributed by atoms with Crippen LogP contribution in [-0.2, 0) is 7.05 Å². The number of hydrogen-bond acceptors (Lipinski definition) is 5. The minimum Gasteiger partial charge on any atom is -0.410 e. The molecule has 0 aliphatic rings. The highest BCUT2D eigenvalue weighted by Crippen LogP contribution is 2.29. The summed E-state index contributed by atoms with van der Waals surface area (Å²) in [4.78, 5) is 22.1. The summed E-state index contributed by atoms with van der Waals surface area (Å²) in [6.45, 7) is 0. The van der Waals surface area contributed by atoms with Gasteiger partial charge >= 0.3 is 6.09 Å². The number of nitro groups is 1. The zero-order valence-corrected chi connectivity index (χ0v) is 15.1. The molecule has 0 atom stereocenters. The van der Waals surface area contributed by atoms with Gasteiger partial charge in [-0.2, -0.15) is 5.10 Å². The Morgan fingerprint density at radius 1 is 1.27 bits per heavy atom. The van der Waals surface area contributed by atoms with Crippen molar-refractivity contribution in [3.05, 3.63) is 69.3 Å². The predicted octanol–water partition coefficient (Wildman–Crippen LogP) is 4.37. The molecule has 132 valence electrons.